The maximum Gasteiger partial charge on any atom is 0.0644 e. The first-order valence-electron chi connectivity index (χ1n) is 5.99. The molecule has 0 saturated carbocycles. The van der Waals surface area contributed by atoms with E-state index in [2.05, 4.69) is 22.4 Å². The molecular weight excluding hydrogens is 226 g/mol. The third-order valence-electron chi connectivity index (χ3n) is 2.99. The molecule has 0 unspecified atom stereocenters. The van der Waals surface area contributed by atoms with Crippen LogP contribution in [0.2, 0.25) is 0 Å². The van der Waals surface area contributed by atoms with Crippen molar-refractivity contribution in [3.63, 3.8) is 0 Å². The highest BCUT2D eigenvalue weighted by atomic mass is 16.5. The largest absolute Gasteiger partial charge is 0.397 e. The van der Waals surface area contributed by atoms with Crippen molar-refractivity contribution in [3.05, 3.63) is 36.0 Å². The van der Waals surface area contributed by atoms with Crippen LogP contribution in [-0.2, 0) is 11.2 Å². The third-order valence-corrected chi connectivity index (χ3v) is 2.99. The van der Waals surface area contributed by atoms with Gasteiger partial charge in [0.15, 0.2) is 0 Å². The maximum absolute atomic E-state index is 6.17. The molecule has 1 aromatic heterocycles. The van der Waals surface area contributed by atoms with Gasteiger partial charge in [0, 0.05) is 31.6 Å². The molecule has 0 spiro atoms. The molecular formula is C14H19N3O. The second kappa shape index (κ2) is 5.60. The van der Waals surface area contributed by atoms with Gasteiger partial charge < -0.3 is 20.8 Å². The summed E-state index contributed by atoms with van der Waals surface area (Å²) in [6, 6.07) is 8.17. The predicted molar refractivity (Wildman–Crippen MR) is 75.8 cm³/mol. The minimum Gasteiger partial charge on any atom is -0.397 e. The Morgan fingerprint density at radius 1 is 1.39 bits per heavy atom. The quantitative estimate of drug-likeness (QED) is 0.709. The van der Waals surface area contributed by atoms with Crippen molar-refractivity contribution in [1.29, 1.82) is 0 Å². The minimum absolute atomic E-state index is 0.706. The van der Waals surface area contributed by atoms with Crippen LogP contribution >= 0.6 is 0 Å². The van der Waals surface area contributed by atoms with Crippen molar-refractivity contribution in [2.45, 2.75) is 6.42 Å². The molecule has 1 heterocycles. The van der Waals surface area contributed by atoms with Gasteiger partial charge in [0.05, 0.1) is 18.0 Å². The van der Waals surface area contributed by atoms with Crippen LogP contribution in [-0.4, -0.2) is 25.7 Å². The predicted octanol–water partition coefficient (Wildman–Crippen LogP) is 2.49. The van der Waals surface area contributed by atoms with E-state index in [4.69, 9.17) is 10.5 Å². The Labute approximate surface area is 107 Å². The second-order valence-corrected chi connectivity index (χ2v) is 4.18. The highest BCUT2D eigenvalue weighted by Crippen LogP contribution is 2.32. The van der Waals surface area contributed by atoms with Gasteiger partial charge in [-0.3, -0.25) is 0 Å². The van der Waals surface area contributed by atoms with Crippen molar-refractivity contribution < 1.29 is 4.74 Å². The molecule has 0 aliphatic heterocycles. The lowest BCUT2D eigenvalue weighted by Gasteiger charge is -2.13. The first-order chi connectivity index (χ1) is 8.76. The van der Waals surface area contributed by atoms with Crippen LogP contribution in [0.15, 0.2) is 30.5 Å². The average molecular weight is 245 g/mol. The van der Waals surface area contributed by atoms with E-state index >= 15 is 0 Å². The van der Waals surface area contributed by atoms with Crippen molar-refractivity contribution in [3.8, 4) is 11.3 Å². The van der Waals surface area contributed by atoms with Gasteiger partial charge in [0.2, 0.25) is 0 Å². The molecule has 1 aromatic carbocycles. The van der Waals surface area contributed by atoms with Gasteiger partial charge in [-0.25, -0.2) is 0 Å². The fourth-order valence-electron chi connectivity index (χ4n) is 2.00. The van der Waals surface area contributed by atoms with Gasteiger partial charge in [-0.2, -0.15) is 0 Å². The number of aromatic amines is 1. The topological polar surface area (TPSA) is 63.1 Å². The van der Waals surface area contributed by atoms with Crippen molar-refractivity contribution in [1.82, 2.24) is 4.98 Å². The Bertz CT molecular complexity index is 506. The molecule has 4 N–H and O–H groups in total. The van der Waals surface area contributed by atoms with Crippen LogP contribution in [0.5, 0.6) is 0 Å². The highest BCUT2D eigenvalue weighted by Gasteiger charge is 2.09. The van der Waals surface area contributed by atoms with E-state index in [1.54, 1.807) is 7.11 Å². The molecule has 0 aliphatic rings. The summed E-state index contributed by atoms with van der Waals surface area (Å²) >= 11 is 0. The summed E-state index contributed by atoms with van der Waals surface area (Å²) in [7, 11) is 3.59. The monoisotopic (exact) mass is 245 g/mol. The Hall–Kier alpha value is -1.94. The molecule has 18 heavy (non-hydrogen) atoms. The third kappa shape index (κ3) is 2.49. The summed E-state index contributed by atoms with van der Waals surface area (Å²) in [5.74, 6) is 0. The Kier molecular flexibility index (Phi) is 3.89. The number of anilines is 2. The lowest BCUT2D eigenvalue weighted by Crippen LogP contribution is -2.02. The minimum atomic E-state index is 0.706. The Morgan fingerprint density at radius 2 is 2.22 bits per heavy atom. The Morgan fingerprint density at radius 3 is 2.83 bits per heavy atom. The fourth-order valence-corrected chi connectivity index (χ4v) is 2.00. The van der Waals surface area contributed by atoms with E-state index in [9.17, 15) is 0 Å². The molecule has 0 fully saturated rings. The van der Waals surface area contributed by atoms with Crippen molar-refractivity contribution in [2.24, 2.45) is 0 Å². The highest BCUT2D eigenvalue weighted by molar-refractivity contribution is 5.84. The number of ether oxygens (including phenoxy) is 1. The molecule has 0 amide bonds. The Balaban J connectivity index is 2.43. The van der Waals surface area contributed by atoms with Crippen LogP contribution in [0, 0.1) is 0 Å². The van der Waals surface area contributed by atoms with E-state index in [-0.39, 0.29) is 0 Å². The standard InChI is InChI=1S/C14H19N3O/c1-16-13-9-10(5-7-18-2)8-11(14(13)15)12-4-3-6-17-12/h3-4,6,8-9,16-17H,5,7,15H2,1-2H3. The summed E-state index contributed by atoms with van der Waals surface area (Å²) in [5.41, 5.74) is 11.2. The summed E-state index contributed by atoms with van der Waals surface area (Å²) in [6.45, 7) is 0.706. The van der Waals surface area contributed by atoms with Crippen LogP contribution in [0.4, 0.5) is 11.4 Å². The van der Waals surface area contributed by atoms with Crippen LogP contribution in [0.3, 0.4) is 0 Å². The number of aromatic nitrogens is 1. The van der Waals surface area contributed by atoms with Crippen molar-refractivity contribution in [2.75, 3.05) is 31.8 Å². The van der Waals surface area contributed by atoms with Gasteiger partial charge in [-0.15, -0.1) is 0 Å². The molecule has 0 aliphatic carbocycles. The van der Waals surface area contributed by atoms with E-state index in [1.165, 1.54) is 5.56 Å². The zero-order chi connectivity index (χ0) is 13.0. The van der Waals surface area contributed by atoms with Crippen LogP contribution < -0.4 is 11.1 Å². The number of nitrogens with one attached hydrogen (secondary N) is 2. The molecule has 96 valence electrons. The number of hydrogen-bond donors (Lipinski definition) is 3. The van der Waals surface area contributed by atoms with Gasteiger partial charge in [0.1, 0.15) is 0 Å². The first-order valence-corrected chi connectivity index (χ1v) is 5.99. The average Bonchev–Trinajstić information content (AvgIpc) is 2.91. The molecule has 0 saturated heterocycles. The summed E-state index contributed by atoms with van der Waals surface area (Å²) in [4.78, 5) is 3.19. The van der Waals surface area contributed by atoms with Crippen LogP contribution in [0.1, 0.15) is 5.56 Å². The molecule has 0 bridgehead atoms. The van der Waals surface area contributed by atoms with Gasteiger partial charge in [-0.05, 0) is 36.2 Å². The molecule has 0 radical (unpaired) electrons. The van der Waals surface area contributed by atoms with Crippen molar-refractivity contribution >= 4 is 11.4 Å². The zero-order valence-corrected chi connectivity index (χ0v) is 10.8. The van der Waals surface area contributed by atoms with E-state index in [0.717, 1.165) is 29.1 Å². The van der Waals surface area contributed by atoms with E-state index < -0.39 is 0 Å². The molecule has 0 atom stereocenters. The summed E-state index contributed by atoms with van der Waals surface area (Å²) in [5, 5.41) is 3.13. The normalized spacial score (nSPS) is 10.6. The SMILES string of the molecule is CNc1cc(CCOC)cc(-c2ccc[nH]2)c1N. The number of nitrogen functional groups attached to an aromatic ring is 1. The van der Waals surface area contributed by atoms with Gasteiger partial charge >= 0.3 is 0 Å². The van der Waals surface area contributed by atoms with Gasteiger partial charge in [0.25, 0.3) is 0 Å². The number of nitrogens with two attached hydrogens (primary N) is 1. The van der Waals surface area contributed by atoms with Gasteiger partial charge in [-0.1, -0.05) is 0 Å². The number of hydrogen-bond acceptors (Lipinski definition) is 3. The fraction of sp³-hybridized carbons (Fsp3) is 0.286. The number of rotatable bonds is 5. The summed E-state index contributed by atoms with van der Waals surface area (Å²) in [6.07, 6.45) is 2.77. The smallest absolute Gasteiger partial charge is 0.0644 e. The summed E-state index contributed by atoms with van der Waals surface area (Å²) < 4.78 is 5.12. The first kappa shape index (κ1) is 12.5. The van der Waals surface area contributed by atoms with Crippen LogP contribution in [0.25, 0.3) is 11.3 Å². The molecule has 2 rings (SSSR count). The number of benzene rings is 1. The maximum atomic E-state index is 6.17. The molecule has 4 nitrogen and oxygen atoms in total. The number of methoxy groups -OCH3 is 1. The second-order valence-electron chi connectivity index (χ2n) is 4.18. The zero-order valence-electron chi connectivity index (χ0n) is 10.8. The molecule has 2 aromatic rings. The van der Waals surface area contributed by atoms with E-state index in [0.29, 0.717) is 6.61 Å². The lowest BCUT2D eigenvalue weighted by molar-refractivity contribution is 0.202. The lowest BCUT2D eigenvalue weighted by atomic mass is 10.0. The number of H-pyrrole nitrogens is 1. The van der Waals surface area contributed by atoms with E-state index in [1.807, 2.05) is 25.4 Å². The molecule has 4 heteroatoms.